The summed E-state index contributed by atoms with van der Waals surface area (Å²) < 4.78 is 30.7. The predicted molar refractivity (Wildman–Crippen MR) is 127 cm³/mol. The minimum absolute atomic E-state index is 0.0768. The zero-order chi connectivity index (χ0) is 23.5. The highest BCUT2D eigenvalue weighted by molar-refractivity contribution is 7.88. The van der Waals surface area contributed by atoms with Crippen molar-refractivity contribution < 1.29 is 13.2 Å². The molecule has 2 fully saturated rings. The Morgan fingerprint density at radius 1 is 1.31 bits per heavy atom. The number of aromatic amines is 1. The normalized spacial score (nSPS) is 19.1. The van der Waals surface area contributed by atoms with Crippen molar-refractivity contribution in [2.75, 3.05) is 32.4 Å². The molecule has 1 aliphatic carbocycles. The van der Waals surface area contributed by atoms with E-state index in [-0.39, 0.29) is 11.4 Å². The number of rotatable bonds is 9. The van der Waals surface area contributed by atoms with Gasteiger partial charge in [-0.25, -0.2) is 8.42 Å². The molecule has 2 heterocycles. The molecular formula is C22H32N6O3S. The van der Waals surface area contributed by atoms with Crippen molar-refractivity contribution in [3.8, 4) is 0 Å². The number of amidine groups is 1. The maximum Gasteiger partial charge on any atom is 0.211 e. The number of hydrogen-bond donors (Lipinski definition) is 3. The number of piperazine rings is 1. The van der Waals surface area contributed by atoms with Gasteiger partial charge in [-0.15, -0.1) is 0 Å². The van der Waals surface area contributed by atoms with E-state index >= 15 is 0 Å². The summed E-state index contributed by atoms with van der Waals surface area (Å²) in [6, 6.07) is 0. The van der Waals surface area contributed by atoms with E-state index in [1.165, 1.54) is 16.8 Å². The lowest BCUT2D eigenvalue weighted by atomic mass is 10.1. The van der Waals surface area contributed by atoms with E-state index in [0.717, 1.165) is 24.1 Å². The fourth-order valence-corrected chi connectivity index (χ4v) is 4.24. The third-order valence-corrected chi connectivity index (χ3v) is 6.96. The molecule has 1 aromatic heterocycles. The van der Waals surface area contributed by atoms with Crippen molar-refractivity contribution in [2.24, 2.45) is 0 Å². The summed E-state index contributed by atoms with van der Waals surface area (Å²) in [6.45, 7) is 13.3. The second-order valence-electron chi connectivity index (χ2n) is 8.40. The highest BCUT2D eigenvalue weighted by Gasteiger charge is 2.39. The van der Waals surface area contributed by atoms with Gasteiger partial charge in [-0.3, -0.25) is 10.5 Å². The van der Waals surface area contributed by atoms with Gasteiger partial charge in [-0.05, 0) is 45.0 Å². The zero-order valence-electron chi connectivity index (χ0n) is 18.9. The van der Waals surface area contributed by atoms with E-state index in [1.807, 2.05) is 24.0 Å². The lowest BCUT2D eigenvalue weighted by molar-refractivity contribution is 0.121. The van der Waals surface area contributed by atoms with Crippen LogP contribution in [0.2, 0.25) is 0 Å². The van der Waals surface area contributed by atoms with Gasteiger partial charge in [-0.2, -0.15) is 9.40 Å². The van der Waals surface area contributed by atoms with Gasteiger partial charge in [0.1, 0.15) is 22.9 Å². The molecule has 1 aromatic rings. The minimum atomic E-state index is -3.21. The summed E-state index contributed by atoms with van der Waals surface area (Å²) in [6.07, 6.45) is 10.2. The standard InChI is InChI=1S/C22H32N6O3S/c1-6-24-19(15-20(23)27-11-13-28(14-12-27)32(5,29)30)21-17(3)18(25-26-21)8-7-16(2)31-22(4)9-10-22/h6-8,15,23-24H,1-2,9-14H2,3-5H3,(H,25,26)/b8-7-,19-15?,23-20?. The summed E-state index contributed by atoms with van der Waals surface area (Å²) >= 11 is 0. The van der Waals surface area contributed by atoms with Crippen LogP contribution in [0.25, 0.3) is 11.8 Å². The number of allylic oxidation sites excluding steroid dienone is 1. The Morgan fingerprint density at radius 2 is 1.97 bits per heavy atom. The van der Waals surface area contributed by atoms with Crippen LogP contribution in [-0.4, -0.2) is 71.7 Å². The highest BCUT2D eigenvalue weighted by Crippen LogP contribution is 2.40. The van der Waals surface area contributed by atoms with Crippen molar-refractivity contribution in [3.63, 3.8) is 0 Å². The molecule has 9 nitrogen and oxygen atoms in total. The molecule has 0 bridgehead atoms. The topological polar surface area (TPSA) is 114 Å². The molecule has 1 aliphatic heterocycles. The van der Waals surface area contributed by atoms with E-state index < -0.39 is 10.0 Å². The maximum absolute atomic E-state index is 11.7. The minimum Gasteiger partial charge on any atom is -0.488 e. The fraction of sp³-hybridized carbons (Fsp3) is 0.455. The van der Waals surface area contributed by atoms with Crippen LogP contribution in [0.4, 0.5) is 0 Å². The average molecular weight is 461 g/mol. The SMILES string of the molecule is C=CNC(=CC(=N)N1CCN(S(C)(=O)=O)CC1)c1n[nH]c(/C=C\C(=C)OC2(C)CC2)c1C. The van der Waals surface area contributed by atoms with E-state index in [0.29, 0.717) is 43.3 Å². The van der Waals surface area contributed by atoms with Crippen LogP contribution in [0.3, 0.4) is 0 Å². The molecule has 0 amide bonds. The largest absolute Gasteiger partial charge is 0.488 e. The smallest absolute Gasteiger partial charge is 0.211 e. The van der Waals surface area contributed by atoms with Crippen molar-refractivity contribution in [1.29, 1.82) is 5.41 Å². The van der Waals surface area contributed by atoms with Gasteiger partial charge < -0.3 is 15.0 Å². The number of hydrogen-bond acceptors (Lipinski definition) is 6. The van der Waals surface area contributed by atoms with Gasteiger partial charge in [0.05, 0.1) is 17.6 Å². The quantitative estimate of drug-likeness (QED) is 0.226. The molecule has 174 valence electrons. The summed E-state index contributed by atoms with van der Waals surface area (Å²) in [4.78, 5) is 1.84. The number of aromatic nitrogens is 2. The van der Waals surface area contributed by atoms with E-state index in [2.05, 4.69) is 35.6 Å². The molecule has 0 aromatic carbocycles. The molecule has 0 spiro atoms. The third kappa shape index (κ3) is 5.89. The molecule has 1 saturated carbocycles. The lowest BCUT2D eigenvalue weighted by Gasteiger charge is -2.34. The molecule has 2 aliphatic rings. The van der Waals surface area contributed by atoms with Gasteiger partial charge in [0.25, 0.3) is 0 Å². The fourth-order valence-electron chi connectivity index (χ4n) is 3.42. The monoisotopic (exact) mass is 460 g/mol. The molecule has 10 heteroatoms. The Balaban J connectivity index is 1.71. The molecule has 32 heavy (non-hydrogen) atoms. The summed E-state index contributed by atoms with van der Waals surface area (Å²) in [5, 5.41) is 19.0. The van der Waals surface area contributed by atoms with Crippen molar-refractivity contribution >= 4 is 27.6 Å². The first-order chi connectivity index (χ1) is 15.0. The number of H-pyrrole nitrogens is 1. The first-order valence-electron chi connectivity index (χ1n) is 10.5. The van der Waals surface area contributed by atoms with Crippen molar-refractivity contribution in [1.82, 2.24) is 24.7 Å². The Kier molecular flexibility index (Phi) is 6.94. The molecule has 3 rings (SSSR count). The van der Waals surface area contributed by atoms with E-state index in [1.54, 1.807) is 6.08 Å². The first-order valence-corrected chi connectivity index (χ1v) is 12.4. The average Bonchev–Trinajstić information content (AvgIpc) is 3.33. The molecular weight excluding hydrogens is 428 g/mol. The maximum atomic E-state index is 11.7. The highest BCUT2D eigenvalue weighted by atomic mass is 32.2. The van der Waals surface area contributed by atoms with Gasteiger partial charge in [0, 0.05) is 37.8 Å². The second kappa shape index (κ2) is 9.33. The molecule has 1 saturated heterocycles. The number of nitrogens with one attached hydrogen (secondary N) is 3. The summed E-state index contributed by atoms with van der Waals surface area (Å²) in [7, 11) is -3.21. The molecule has 0 radical (unpaired) electrons. The first kappa shape index (κ1) is 23.8. The Labute approximate surface area is 190 Å². The van der Waals surface area contributed by atoms with Crippen LogP contribution in [0.15, 0.2) is 37.3 Å². The molecule has 0 unspecified atom stereocenters. The number of nitrogens with zero attached hydrogens (tertiary/aromatic N) is 3. The predicted octanol–water partition coefficient (Wildman–Crippen LogP) is 2.44. The van der Waals surface area contributed by atoms with Gasteiger partial charge >= 0.3 is 0 Å². The third-order valence-electron chi connectivity index (χ3n) is 5.66. The second-order valence-corrected chi connectivity index (χ2v) is 10.4. The summed E-state index contributed by atoms with van der Waals surface area (Å²) in [5.41, 5.74) is 2.94. The van der Waals surface area contributed by atoms with Crippen LogP contribution >= 0.6 is 0 Å². The Bertz CT molecular complexity index is 1060. The molecule has 3 N–H and O–H groups in total. The van der Waals surface area contributed by atoms with Crippen LogP contribution < -0.4 is 5.32 Å². The van der Waals surface area contributed by atoms with Gasteiger partial charge in [0.2, 0.25) is 10.0 Å². The Morgan fingerprint density at radius 3 is 2.53 bits per heavy atom. The molecule has 0 atom stereocenters. The van der Waals surface area contributed by atoms with Crippen LogP contribution in [0.5, 0.6) is 0 Å². The van der Waals surface area contributed by atoms with Gasteiger partial charge in [-0.1, -0.05) is 13.2 Å². The summed E-state index contributed by atoms with van der Waals surface area (Å²) in [5.74, 6) is 0.886. The van der Waals surface area contributed by atoms with Crippen molar-refractivity contribution in [3.05, 3.63) is 54.2 Å². The van der Waals surface area contributed by atoms with E-state index in [9.17, 15) is 8.42 Å². The van der Waals surface area contributed by atoms with Crippen LogP contribution in [-0.2, 0) is 14.8 Å². The Hall–Kier alpha value is -2.85. The number of sulfonamides is 1. The lowest BCUT2D eigenvalue weighted by Crippen LogP contribution is -2.49. The van der Waals surface area contributed by atoms with Gasteiger partial charge in [0.15, 0.2) is 0 Å². The van der Waals surface area contributed by atoms with Crippen LogP contribution in [0, 0.1) is 12.3 Å². The zero-order valence-corrected chi connectivity index (χ0v) is 19.8. The van der Waals surface area contributed by atoms with E-state index in [4.69, 9.17) is 10.1 Å². The van der Waals surface area contributed by atoms with Crippen molar-refractivity contribution in [2.45, 2.75) is 32.3 Å². The van der Waals surface area contributed by atoms with Crippen LogP contribution in [0.1, 0.15) is 36.7 Å². The number of ether oxygens (including phenoxy) is 1.